The van der Waals surface area contributed by atoms with Gasteiger partial charge in [0.2, 0.25) is 3.79 Å². The summed E-state index contributed by atoms with van der Waals surface area (Å²) in [5.74, 6) is 5.54. The second-order valence-electron chi connectivity index (χ2n) is 1.95. The molecule has 0 aliphatic carbocycles. The molecular formula is C8H9Cl3O. The van der Waals surface area contributed by atoms with Crippen molar-refractivity contribution >= 4 is 34.8 Å². The fourth-order valence-corrected chi connectivity index (χ4v) is 0.645. The molecule has 0 spiro atoms. The van der Waals surface area contributed by atoms with E-state index < -0.39 is 3.79 Å². The van der Waals surface area contributed by atoms with Crippen LogP contribution in [0.2, 0.25) is 0 Å². The molecular weight excluding hydrogens is 218 g/mol. The highest BCUT2D eigenvalue weighted by Gasteiger charge is 2.18. The van der Waals surface area contributed by atoms with E-state index >= 15 is 0 Å². The van der Waals surface area contributed by atoms with Crippen molar-refractivity contribution in [1.82, 2.24) is 0 Å². The van der Waals surface area contributed by atoms with Crippen LogP contribution < -0.4 is 0 Å². The zero-order chi connectivity index (χ0) is 9.45. The number of hydrogen-bond donors (Lipinski definition) is 0. The van der Waals surface area contributed by atoms with Crippen LogP contribution in [0.1, 0.15) is 6.42 Å². The fraction of sp³-hybridized carbons (Fsp3) is 0.500. The van der Waals surface area contributed by atoms with Crippen molar-refractivity contribution in [2.24, 2.45) is 0 Å². The van der Waals surface area contributed by atoms with E-state index in [1.54, 1.807) is 6.08 Å². The van der Waals surface area contributed by atoms with E-state index in [1.165, 1.54) is 0 Å². The lowest BCUT2D eigenvalue weighted by molar-refractivity contribution is 0.173. The van der Waals surface area contributed by atoms with Crippen molar-refractivity contribution in [3.05, 3.63) is 12.7 Å². The van der Waals surface area contributed by atoms with Crippen molar-refractivity contribution in [2.45, 2.75) is 10.2 Å². The smallest absolute Gasteiger partial charge is 0.213 e. The largest absolute Gasteiger partial charge is 0.364 e. The van der Waals surface area contributed by atoms with E-state index in [1.807, 2.05) is 0 Å². The summed E-state index contributed by atoms with van der Waals surface area (Å²) in [6, 6.07) is 0. The third-order valence-electron chi connectivity index (χ3n) is 0.811. The second kappa shape index (κ2) is 6.62. The molecule has 0 unspecified atom stereocenters. The van der Waals surface area contributed by atoms with Crippen LogP contribution >= 0.6 is 34.8 Å². The summed E-state index contributed by atoms with van der Waals surface area (Å²) in [6.45, 7) is 3.85. The van der Waals surface area contributed by atoms with Crippen molar-refractivity contribution in [2.75, 3.05) is 13.2 Å². The monoisotopic (exact) mass is 226 g/mol. The van der Waals surface area contributed by atoms with Crippen LogP contribution in [0, 0.1) is 11.8 Å². The van der Waals surface area contributed by atoms with Crippen LogP contribution in [-0.4, -0.2) is 17.0 Å². The van der Waals surface area contributed by atoms with E-state index in [0.717, 1.165) is 0 Å². The second-order valence-corrected chi connectivity index (χ2v) is 4.47. The molecule has 0 aliphatic rings. The minimum absolute atomic E-state index is 0.0560. The van der Waals surface area contributed by atoms with Gasteiger partial charge in [0.15, 0.2) is 0 Å². The third kappa shape index (κ3) is 10.1. The number of hydrogen-bond acceptors (Lipinski definition) is 1. The molecule has 0 radical (unpaired) electrons. The maximum Gasteiger partial charge on any atom is 0.213 e. The molecule has 0 amide bonds. The van der Waals surface area contributed by atoms with E-state index in [4.69, 9.17) is 39.5 Å². The molecule has 0 rings (SSSR count). The molecule has 0 bridgehead atoms. The van der Waals surface area contributed by atoms with E-state index in [0.29, 0.717) is 6.42 Å². The van der Waals surface area contributed by atoms with Gasteiger partial charge in [-0.05, 0) is 0 Å². The maximum absolute atomic E-state index is 5.41. The number of rotatable bonds is 3. The molecule has 0 fully saturated rings. The lowest BCUT2D eigenvalue weighted by Gasteiger charge is -2.08. The van der Waals surface area contributed by atoms with Gasteiger partial charge >= 0.3 is 0 Å². The van der Waals surface area contributed by atoms with E-state index in [-0.39, 0.29) is 13.2 Å². The lowest BCUT2D eigenvalue weighted by Crippen LogP contribution is -2.12. The summed E-state index contributed by atoms with van der Waals surface area (Å²) in [4.78, 5) is 0. The van der Waals surface area contributed by atoms with Gasteiger partial charge in [-0.25, -0.2) is 0 Å². The molecule has 0 heterocycles. The molecule has 0 saturated heterocycles. The Morgan fingerprint density at radius 3 is 2.50 bits per heavy atom. The summed E-state index contributed by atoms with van der Waals surface area (Å²) >= 11 is 16.2. The normalized spacial score (nSPS) is 10.2. The zero-order valence-electron chi connectivity index (χ0n) is 6.45. The molecule has 1 nitrogen and oxygen atoms in total. The van der Waals surface area contributed by atoms with Crippen molar-refractivity contribution in [1.29, 1.82) is 0 Å². The molecule has 0 atom stereocenters. The first-order valence-corrected chi connectivity index (χ1v) is 4.41. The van der Waals surface area contributed by atoms with E-state index in [9.17, 15) is 0 Å². The Balaban J connectivity index is 3.34. The Kier molecular flexibility index (Phi) is 6.70. The summed E-state index contributed by atoms with van der Waals surface area (Å²) in [5, 5.41) is 0. The van der Waals surface area contributed by atoms with Gasteiger partial charge in [0.25, 0.3) is 0 Å². The van der Waals surface area contributed by atoms with Gasteiger partial charge in [-0.2, -0.15) is 0 Å². The third-order valence-corrected chi connectivity index (χ3v) is 1.14. The Morgan fingerprint density at radius 1 is 1.33 bits per heavy atom. The molecule has 0 aromatic carbocycles. The van der Waals surface area contributed by atoms with Crippen LogP contribution in [-0.2, 0) is 4.74 Å². The van der Waals surface area contributed by atoms with Gasteiger partial charge in [-0.3, -0.25) is 0 Å². The number of ether oxygens (including phenoxy) is 1. The topological polar surface area (TPSA) is 9.23 Å². The molecule has 0 aromatic heterocycles. The Morgan fingerprint density at radius 2 is 2.00 bits per heavy atom. The minimum Gasteiger partial charge on any atom is -0.364 e. The highest BCUT2D eigenvalue weighted by Crippen LogP contribution is 2.25. The van der Waals surface area contributed by atoms with Gasteiger partial charge in [0.1, 0.15) is 6.61 Å². The summed E-state index contributed by atoms with van der Waals surface area (Å²) in [5.41, 5.74) is 0. The van der Waals surface area contributed by atoms with Crippen LogP contribution in [0.15, 0.2) is 12.7 Å². The first-order valence-electron chi connectivity index (χ1n) is 3.27. The average Bonchev–Trinajstić information content (AvgIpc) is 1.94. The van der Waals surface area contributed by atoms with Crippen LogP contribution in [0.3, 0.4) is 0 Å². The van der Waals surface area contributed by atoms with Crippen LogP contribution in [0.25, 0.3) is 0 Å². The molecule has 68 valence electrons. The van der Waals surface area contributed by atoms with E-state index in [2.05, 4.69) is 18.4 Å². The highest BCUT2D eigenvalue weighted by molar-refractivity contribution is 6.67. The molecule has 0 N–H and O–H groups in total. The van der Waals surface area contributed by atoms with Gasteiger partial charge < -0.3 is 4.74 Å². The predicted octanol–water partition coefficient (Wildman–Crippen LogP) is 2.95. The Labute approximate surface area is 87.6 Å². The fourth-order valence-electron chi connectivity index (χ4n) is 0.413. The lowest BCUT2D eigenvalue weighted by atomic mass is 10.4. The van der Waals surface area contributed by atoms with Crippen molar-refractivity contribution in [3.8, 4) is 11.8 Å². The standard InChI is InChI=1S/C8H9Cl3O/c1-2-3-4-5-6-12-7-8(9,10)11/h2H,1,3,6-7H2. The van der Waals surface area contributed by atoms with Crippen molar-refractivity contribution < 1.29 is 4.74 Å². The molecule has 0 saturated carbocycles. The molecule has 12 heavy (non-hydrogen) atoms. The maximum atomic E-state index is 5.41. The Hall–Kier alpha value is 0.130. The number of halogens is 3. The predicted molar refractivity (Wildman–Crippen MR) is 53.7 cm³/mol. The first kappa shape index (κ1) is 12.1. The average molecular weight is 228 g/mol. The highest BCUT2D eigenvalue weighted by atomic mass is 35.6. The van der Waals surface area contributed by atoms with Crippen LogP contribution in [0.5, 0.6) is 0 Å². The Bertz CT molecular complexity index is 185. The van der Waals surface area contributed by atoms with Crippen LogP contribution in [0.4, 0.5) is 0 Å². The van der Waals surface area contributed by atoms with Gasteiger partial charge in [-0.1, -0.05) is 52.7 Å². The van der Waals surface area contributed by atoms with Gasteiger partial charge in [0.05, 0.1) is 6.61 Å². The van der Waals surface area contributed by atoms with Gasteiger partial charge in [-0.15, -0.1) is 6.58 Å². The zero-order valence-corrected chi connectivity index (χ0v) is 8.72. The summed E-state index contributed by atoms with van der Waals surface area (Å²) < 4.78 is 3.59. The minimum atomic E-state index is -1.35. The SMILES string of the molecule is C=CCC#CCOCC(Cl)(Cl)Cl. The first-order chi connectivity index (χ1) is 5.56. The summed E-state index contributed by atoms with van der Waals surface area (Å²) in [7, 11) is 0. The number of alkyl halides is 3. The quantitative estimate of drug-likeness (QED) is 0.312. The number of allylic oxidation sites excluding steroid dienone is 1. The van der Waals surface area contributed by atoms with Gasteiger partial charge in [0, 0.05) is 6.42 Å². The van der Waals surface area contributed by atoms with Crippen molar-refractivity contribution in [3.63, 3.8) is 0 Å². The molecule has 0 aromatic rings. The summed E-state index contributed by atoms with van der Waals surface area (Å²) in [6.07, 6.45) is 2.36. The molecule has 4 heteroatoms. The molecule has 0 aliphatic heterocycles.